The Morgan fingerprint density at radius 2 is 2.13 bits per heavy atom. The van der Waals surface area contributed by atoms with E-state index in [-0.39, 0.29) is 5.97 Å². The van der Waals surface area contributed by atoms with Crippen LogP contribution in [0.25, 0.3) is 0 Å². The first-order valence-corrected chi connectivity index (χ1v) is 5.72. The van der Waals surface area contributed by atoms with Gasteiger partial charge in [0.1, 0.15) is 0 Å². The fourth-order valence-electron chi connectivity index (χ4n) is 2.26. The van der Waals surface area contributed by atoms with Crippen LogP contribution in [-0.2, 0) is 9.53 Å². The molecule has 0 aromatic rings. The molecule has 0 radical (unpaired) electrons. The van der Waals surface area contributed by atoms with Crippen LogP contribution in [0.1, 0.15) is 25.7 Å². The second kappa shape index (κ2) is 6.80. The van der Waals surface area contributed by atoms with Crippen LogP contribution in [0.3, 0.4) is 0 Å². The van der Waals surface area contributed by atoms with Crippen molar-refractivity contribution in [2.75, 3.05) is 27.2 Å². The maximum Gasteiger partial charge on any atom is 0.319 e. The lowest BCUT2D eigenvalue weighted by atomic mass is 9.84. The lowest BCUT2D eigenvalue weighted by Gasteiger charge is -2.31. The molecule has 88 valence electrons. The summed E-state index contributed by atoms with van der Waals surface area (Å²) in [5.41, 5.74) is 0. The highest BCUT2D eigenvalue weighted by Crippen LogP contribution is 2.23. The molecular formula is C11H22N2O2. The second-order valence-corrected chi connectivity index (χ2v) is 4.15. The standard InChI is InChI=1S/C11H22N2O2/c1-12-10-6-4-3-5-9(10)7-13-8-11(14)15-2/h9-10,12-13H,3-8H2,1-2H3/t9-,10+/m0/s1. The maximum absolute atomic E-state index is 10.9. The molecule has 15 heavy (non-hydrogen) atoms. The topological polar surface area (TPSA) is 50.4 Å². The van der Waals surface area contributed by atoms with E-state index in [1.807, 2.05) is 7.05 Å². The molecule has 2 atom stereocenters. The molecule has 0 aromatic heterocycles. The van der Waals surface area contributed by atoms with E-state index in [0.29, 0.717) is 18.5 Å². The van der Waals surface area contributed by atoms with Gasteiger partial charge < -0.3 is 15.4 Å². The van der Waals surface area contributed by atoms with Gasteiger partial charge in [-0.1, -0.05) is 12.8 Å². The van der Waals surface area contributed by atoms with Gasteiger partial charge in [-0.3, -0.25) is 4.79 Å². The second-order valence-electron chi connectivity index (χ2n) is 4.15. The Balaban J connectivity index is 2.20. The Morgan fingerprint density at radius 3 is 2.80 bits per heavy atom. The van der Waals surface area contributed by atoms with Crippen molar-refractivity contribution in [1.82, 2.24) is 10.6 Å². The average Bonchev–Trinajstić information content (AvgIpc) is 2.29. The van der Waals surface area contributed by atoms with Crippen LogP contribution in [0.5, 0.6) is 0 Å². The Kier molecular flexibility index (Phi) is 5.65. The summed E-state index contributed by atoms with van der Waals surface area (Å²) >= 11 is 0. The summed E-state index contributed by atoms with van der Waals surface area (Å²) in [5, 5.41) is 6.51. The van der Waals surface area contributed by atoms with Crippen molar-refractivity contribution in [2.45, 2.75) is 31.7 Å². The third-order valence-electron chi connectivity index (χ3n) is 3.18. The zero-order valence-corrected chi connectivity index (χ0v) is 9.71. The molecule has 2 N–H and O–H groups in total. The van der Waals surface area contributed by atoms with Crippen molar-refractivity contribution in [3.8, 4) is 0 Å². The summed E-state index contributed by atoms with van der Waals surface area (Å²) in [4.78, 5) is 10.9. The van der Waals surface area contributed by atoms with E-state index in [1.54, 1.807) is 0 Å². The van der Waals surface area contributed by atoms with E-state index in [2.05, 4.69) is 15.4 Å². The Hall–Kier alpha value is -0.610. The number of methoxy groups -OCH3 is 1. The summed E-state index contributed by atoms with van der Waals surface area (Å²) in [6.07, 6.45) is 5.13. The van der Waals surface area contributed by atoms with Crippen molar-refractivity contribution in [1.29, 1.82) is 0 Å². The fourth-order valence-corrected chi connectivity index (χ4v) is 2.26. The molecule has 1 aliphatic carbocycles. The fraction of sp³-hybridized carbons (Fsp3) is 0.909. The molecule has 1 rings (SSSR count). The molecule has 0 aliphatic heterocycles. The van der Waals surface area contributed by atoms with Gasteiger partial charge in [0.15, 0.2) is 0 Å². The normalized spacial score (nSPS) is 26.3. The molecule has 4 heteroatoms. The maximum atomic E-state index is 10.9. The van der Waals surface area contributed by atoms with Gasteiger partial charge in [0, 0.05) is 6.04 Å². The highest BCUT2D eigenvalue weighted by atomic mass is 16.5. The zero-order valence-electron chi connectivity index (χ0n) is 9.71. The third kappa shape index (κ3) is 4.18. The largest absolute Gasteiger partial charge is 0.468 e. The molecule has 1 aliphatic rings. The predicted octanol–water partition coefficient (Wildman–Crippen LogP) is 0.527. The molecule has 0 saturated heterocycles. The SMILES string of the molecule is CN[C@@H]1CCCC[C@H]1CNCC(=O)OC. The van der Waals surface area contributed by atoms with E-state index in [0.717, 1.165) is 6.54 Å². The third-order valence-corrected chi connectivity index (χ3v) is 3.18. The number of carbonyl (C=O) groups excluding carboxylic acids is 1. The van der Waals surface area contributed by atoms with Gasteiger partial charge in [0.2, 0.25) is 0 Å². The predicted molar refractivity (Wildman–Crippen MR) is 59.7 cm³/mol. The van der Waals surface area contributed by atoms with Crippen LogP contribution < -0.4 is 10.6 Å². The first kappa shape index (κ1) is 12.5. The number of hydrogen-bond acceptors (Lipinski definition) is 4. The number of hydrogen-bond donors (Lipinski definition) is 2. The van der Waals surface area contributed by atoms with Crippen molar-refractivity contribution in [3.05, 3.63) is 0 Å². The van der Waals surface area contributed by atoms with E-state index < -0.39 is 0 Å². The molecule has 4 nitrogen and oxygen atoms in total. The smallest absolute Gasteiger partial charge is 0.319 e. The quantitative estimate of drug-likeness (QED) is 0.655. The summed E-state index contributed by atoms with van der Waals surface area (Å²) in [6, 6.07) is 0.601. The van der Waals surface area contributed by atoms with E-state index >= 15 is 0 Å². The first-order valence-electron chi connectivity index (χ1n) is 5.72. The molecule has 0 amide bonds. The van der Waals surface area contributed by atoms with Gasteiger partial charge in [-0.15, -0.1) is 0 Å². The van der Waals surface area contributed by atoms with Crippen molar-refractivity contribution in [2.24, 2.45) is 5.92 Å². The molecule has 0 bridgehead atoms. The van der Waals surface area contributed by atoms with Gasteiger partial charge in [-0.05, 0) is 32.4 Å². The molecule has 0 unspecified atom stereocenters. The van der Waals surface area contributed by atoms with Crippen molar-refractivity contribution >= 4 is 5.97 Å². The monoisotopic (exact) mass is 214 g/mol. The molecule has 1 saturated carbocycles. The van der Waals surface area contributed by atoms with Gasteiger partial charge in [0.05, 0.1) is 13.7 Å². The highest BCUT2D eigenvalue weighted by Gasteiger charge is 2.23. The van der Waals surface area contributed by atoms with Gasteiger partial charge in [0.25, 0.3) is 0 Å². The van der Waals surface area contributed by atoms with Crippen LogP contribution in [0.15, 0.2) is 0 Å². The van der Waals surface area contributed by atoms with Gasteiger partial charge >= 0.3 is 5.97 Å². The lowest BCUT2D eigenvalue weighted by Crippen LogP contribution is -2.42. The van der Waals surface area contributed by atoms with E-state index in [9.17, 15) is 4.79 Å². The van der Waals surface area contributed by atoms with Crippen LogP contribution in [0, 0.1) is 5.92 Å². The summed E-state index contributed by atoms with van der Waals surface area (Å²) in [5.74, 6) is 0.459. The van der Waals surface area contributed by atoms with Gasteiger partial charge in [-0.2, -0.15) is 0 Å². The lowest BCUT2D eigenvalue weighted by molar-refractivity contribution is -0.139. The van der Waals surface area contributed by atoms with Crippen LogP contribution in [0.2, 0.25) is 0 Å². The van der Waals surface area contributed by atoms with Gasteiger partial charge in [-0.25, -0.2) is 0 Å². The van der Waals surface area contributed by atoms with Crippen molar-refractivity contribution in [3.63, 3.8) is 0 Å². The number of nitrogens with one attached hydrogen (secondary N) is 2. The highest BCUT2D eigenvalue weighted by molar-refractivity contribution is 5.71. The molecule has 0 aromatic carbocycles. The summed E-state index contributed by atoms with van der Waals surface area (Å²) < 4.78 is 4.58. The molecule has 1 fully saturated rings. The minimum absolute atomic E-state index is 0.188. The first-order chi connectivity index (χ1) is 7.27. The number of rotatable bonds is 5. The molecule has 0 heterocycles. The average molecular weight is 214 g/mol. The Bertz CT molecular complexity index is 197. The minimum Gasteiger partial charge on any atom is -0.468 e. The number of ether oxygens (including phenoxy) is 1. The zero-order chi connectivity index (χ0) is 11.1. The molecule has 0 spiro atoms. The molecular weight excluding hydrogens is 192 g/mol. The van der Waals surface area contributed by atoms with Crippen LogP contribution in [0.4, 0.5) is 0 Å². The summed E-state index contributed by atoms with van der Waals surface area (Å²) in [6.45, 7) is 1.23. The summed E-state index contributed by atoms with van der Waals surface area (Å²) in [7, 11) is 3.43. The Morgan fingerprint density at radius 1 is 1.40 bits per heavy atom. The number of esters is 1. The van der Waals surface area contributed by atoms with E-state index in [1.165, 1.54) is 32.8 Å². The Labute approximate surface area is 91.8 Å². The van der Waals surface area contributed by atoms with Crippen LogP contribution in [-0.4, -0.2) is 39.3 Å². The van der Waals surface area contributed by atoms with Crippen molar-refractivity contribution < 1.29 is 9.53 Å². The minimum atomic E-state index is -0.188. The van der Waals surface area contributed by atoms with E-state index in [4.69, 9.17) is 0 Å². The van der Waals surface area contributed by atoms with Crippen LogP contribution >= 0.6 is 0 Å². The number of carbonyl (C=O) groups is 1.